The molecular weight excluding hydrogens is 368 g/mol. The molecule has 0 atom stereocenters. The summed E-state index contributed by atoms with van der Waals surface area (Å²) >= 11 is 0. The highest BCUT2D eigenvalue weighted by Gasteiger charge is 2.04. The summed E-state index contributed by atoms with van der Waals surface area (Å²) in [6.07, 6.45) is 5.67. The van der Waals surface area contributed by atoms with Gasteiger partial charge in [-0.05, 0) is 42.3 Å². The number of carbonyl (C=O) groups excluding carboxylic acids is 1. The zero-order chi connectivity index (χ0) is 20.5. The van der Waals surface area contributed by atoms with E-state index >= 15 is 0 Å². The maximum Gasteiger partial charge on any atom is 0.244 e. The van der Waals surface area contributed by atoms with E-state index in [1.54, 1.807) is 32.6 Å². The second-order valence-corrected chi connectivity index (χ2v) is 6.27. The number of nitrogens with one attached hydrogen (secondary N) is 1. The number of hydrogen-bond donors (Lipinski definition) is 1. The van der Waals surface area contributed by atoms with Gasteiger partial charge in [-0.3, -0.25) is 9.78 Å². The van der Waals surface area contributed by atoms with E-state index in [1.807, 2.05) is 42.5 Å². The van der Waals surface area contributed by atoms with Crippen molar-refractivity contribution in [1.82, 2.24) is 10.3 Å². The van der Waals surface area contributed by atoms with Crippen molar-refractivity contribution in [3.05, 3.63) is 66.4 Å². The zero-order valence-electron chi connectivity index (χ0n) is 16.6. The SMILES string of the molecule is COc1ccc(/C=C/C(=O)NCCCOc2cccc3cccnc23)cc1OC. The molecule has 6 heteroatoms. The van der Waals surface area contributed by atoms with Crippen molar-refractivity contribution in [2.75, 3.05) is 27.4 Å². The number of fused-ring (bicyclic) bond motifs is 1. The molecule has 1 N–H and O–H groups in total. The molecular formula is C23H24N2O4. The predicted molar refractivity (Wildman–Crippen MR) is 113 cm³/mol. The molecule has 29 heavy (non-hydrogen) atoms. The summed E-state index contributed by atoms with van der Waals surface area (Å²) < 4.78 is 16.3. The van der Waals surface area contributed by atoms with E-state index in [2.05, 4.69) is 10.3 Å². The molecule has 0 bridgehead atoms. The molecule has 1 aromatic heterocycles. The highest BCUT2D eigenvalue weighted by Crippen LogP contribution is 2.28. The standard InChI is InChI=1S/C23H24N2O4/c1-27-19-11-9-17(16-21(19)28-2)10-12-22(26)24-14-5-15-29-20-8-3-6-18-7-4-13-25-23(18)20/h3-4,6-13,16H,5,14-15H2,1-2H3,(H,24,26)/b12-10+. The Hall–Kier alpha value is -3.54. The predicted octanol–water partition coefficient (Wildman–Crippen LogP) is 3.85. The third-order valence-electron chi connectivity index (χ3n) is 4.31. The Kier molecular flexibility index (Phi) is 7.05. The number of aromatic nitrogens is 1. The number of pyridine rings is 1. The minimum absolute atomic E-state index is 0.161. The Bertz CT molecular complexity index is 996. The second kappa shape index (κ2) is 10.1. The largest absolute Gasteiger partial charge is 0.493 e. The fourth-order valence-corrected chi connectivity index (χ4v) is 2.85. The lowest BCUT2D eigenvalue weighted by Crippen LogP contribution is -2.23. The number of para-hydroxylation sites is 1. The molecule has 3 aromatic rings. The summed E-state index contributed by atoms with van der Waals surface area (Å²) in [5.74, 6) is 1.86. The van der Waals surface area contributed by atoms with Crippen LogP contribution in [-0.4, -0.2) is 38.3 Å². The maximum absolute atomic E-state index is 12.0. The average Bonchev–Trinajstić information content (AvgIpc) is 2.77. The second-order valence-electron chi connectivity index (χ2n) is 6.27. The number of nitrogens with zero attached hydrogens (tertiary/aromatic N) is 1. The molecule has 2 aromatic carbocycles. The molecule has 0 aliphatic rings. The lowest BCUT2D eigenvalue weighted by atomic mass is 10.2. The summed E-state index contributed by atoms with van der Waals surface area (Å²) in [6, 6.07) is 15.2. The van der Waals surface area contributed by atoms with Gasteiger partial charge in [-0.2, -0.15) is 0 Å². The zero-order valence-corrected chi connectivity index (χ0v) is 16.6. The van der Waals surface area contributed by atoms with E-state index in [1.165, 1.54) is 6.08 Å². The van der Waals surface area contributed by atoms with Gasteiger partial charge in [-0.25, -0.2) is 0 Å². The van der Waals surface area contributed by atoms with E-state index < -0.39 is 0 Å². The highest BCUT2D eigenvalue weighted by molar-refractivity contribution is 5.91. The molecule has 1 amide bonds. The first-order chi connectivity index (χ1) is 14.2. The van der Waals surface area contributed by atoms with Crippen molar-refractivity contribution in [1.29, 1.82) is 0 Å². The molecule has 6 nitrogen and oxygen atoms in total. The number of hydrogen-bond acceptors (Lipinski definition) is 5. The van der Waals surface area contributed by atoms with E-state index in [0.717, 1.165) is 22.2 Å². The van der Waals surface area contributed by atoms with Gasteiger partial charge >= 0.3 is 0 Å². The lowest BCUT2D eigenvalue weighted by molar-refractivity contribution is -0.116. The van der Waals surface area contributed by atoms with Gasteiger partial charge < -0.3 is 19.5 Å². The fraction of sp³-hybridized carbons (Fsp3) is 0.217. The van der Waals surface area contributed by atoms with E-state index in [9.17, 15) is 4.79 Å². The maximum atomic E-state index is 12.0. The van der Waals surface area contributed by atoms with Crippen LogP contribution in [0.15, 0.2) is 60.8 Å². The molecule has 0 spiro atoms. The number of ether oxygens (including phenoxy) is 3. The van der Waals surface area contributed by atoms with E-state index in [-0.39, 0.29) is 5.91 Å². The molecule has 0 unspecified atom stereocenters. The minimum Gasteiger partial charge on any atom is -0.493 e. The molecule has 3 rings (SSSR count). The number of methoxy groups -OCH3 is 2. The first-order valence-corrected chi connectivity index (χ1v) is 9.36. The Labute approximate surface area is 170 Å². The van der Waals surface area contributed by atoms with Crippen molar-refractivity contribution in [3.63, 3.8) is 0 Å². The Morgan fingerprint density at radius 2 is 1.86 bits per heavy atom. The van der Waals surface area contributed by atoms with Crippen LogP contribution in [0.3, 0.4) is 0 Å². The quantitative estimate of drug-likeness (QED) is 0.442. The van der Waals surface area contributed by atoms with Gasteiger partial charge in [0, 0.05) is 24.2 Å². The molecule has 0 saturated heterocycles. The number of carbonyl (C=O) groups is 1. The van der Waals surface area contributed by atoms with Gasteiger partial charge in [0.1, 0.15) is 11.3 Å². The van der Waals surface area contributed by atoms with Crippen molar-refractivity contribution in [3.8, 4) is 17.2 Å². The summed E-state index contributed by atoms with van der Waals surface area (Å²) in [6.45, 7) is 1.02. The van der Waals surface area contributed by atoms with Crippen molar-refractivity contribution >= 4 is 22.9 Å². The van der Waals surface area contributed by atoms with Gasteiger partial charge in [-0.15, -0.1) is 0 Å². The summed E-state index contributed by atoms with van der Waals surface area (Å²) in [5.41, 5.74) is 1.70. The van der Waals surface area contributed by atoms with Crippen LogP contribution in [0.4, 0.5) is 0 Å². The average molecular weight is 392 g/mol. The number of benzene rings is 2. The molecule has 0 aliphatic heterocycles. The van der Waals surface area contributed by atoms with Crippen LogP contribution in [0.25, 0.3) is 17.0 Å². The molecule has 1 heterocycles. The Morgan fingerprint density at radius 1 is 1.03 bits per heavy atom. The van der Waals surface area contributed by atoms with E-state index in [4.69, 9.17) is 14.2 Å². The number of amides is 1. The molecule has 0 saturated carbocycles. The third-order valence-corrected chi connectivity index (χ3v) is 4.31. The van der Waals surface area contributed by atoms with Gasteiger partial charge in [0.2, 0.25) is 5.91 Å². The van der Waals surface area contributed by atoms with Gasteiger partial charge in [0.25, 0.3) is 0 Å². The topological polar surface area (TPSA) is 69.7 Å². The van der Waals surface area contributed by atoms with Crippen LogP contribution in [0.1, 0.15) is 12.0 Å². The third kappa shape index (κ3) is 5.48. The first-order valence-electron chi connectivity index (χ1n) is 9.36. The van der Waals surface area contributed by atoms with Gasteiger partial charge in [0.05, 0.1) is 20.8 Å². The molecule has 0 fully saturated rings. The van der Waals surface area contributed by atoms with Crippen molar-refractivity contribution in [2.24, 2.45) is 0 Å². The molecule has 150 valence electrons. The van der Waals surface area contributed by atoms with Crippen molar-refractivity contribution < 1.29 is 19.0 Å². The van der Waals surface area contributed by atoms with Crippen molar-refractivity contribution in [2.45, 2.75) is 6.42 Å². The highest BCUT2D eigenvalue weighted by atomic mass is 16.5. The molecule has 0 radical (unpaired) electrons. The fourth-order valence-electron chi connectivity index (χ4n) is 2.85. The van der Waals surface area contributed by atoms with Crippen LogP contribution in [0, 0.1) is 0 Å². The lowest BCUT2D eigenvalue weighted by Gasteiger charge is -2.09. The monoisotopic (exact) mass is 392 g/mol. The first kappa shape index (κ1) is 20.2. The van der Waals surface area contributed by atoms with Crippen LogP contribution in [-0.2, 0) is 4.79 Å². The normalized spacial score (nSPS) is 10.8. The van der Waals surface area contributed by atoms with Crippen LogP contribution in [0.2, 0.25) is 0 Å². The summed E-state index contributed by atoms with van der Waals surface area (Å²) in [5, 5.41) is 3.89. The van der Waals surface area contributed by atoms with Gasteiger partial charge in [-0.1, -0.05) is 24.3 Å². The smallest absolute Gasteiger partial charge is 0.244 e. The summed E-state index contributed by atoms with van der Waals surface area (Å²) in [7, 11) is 3.16. The number of rotatable bonds is 9. The van der Waals surface area contributed by atoms with Crippen LogP contribution < -0.4 is 19.5 Å². The van der Waals surface area contributed by atoms with Crippen LogP contribution >= 0.6 is 0 Å². The minimum atomic E-state index is -0.161. The molecule has 0 aliphatic carbocycles. The Balaban J connectivity index is 1.43. The van der Waals surface area contributed by atoms with Gasteiger partial charge in [0.15, 0.2) is 11.5 Å². The van der Waals surface area contributed by atoms with Crippen LogP contribution in [0.5, 0.6) is 17.2 Å². The Morgan fingerprint density at radius 3 is 2.69 bits per heavy atom. The van der Waals surface area contributed by atoms with E-state index in [0.29, 0.717) is 31.1 Å². The summed E-state index contributed by atoms with van der Waals surface area (Å²) in [4.78, 5) is 16.4.